The number of rotatable bonds is 6. The van der Waals surface area contributed by atoms with Gasteiger partial charge in [0.1, 0.15) is 11.5 Å². The molecule has 0 aliphatic carbocycles. The van der Waals surface area contributed by atoms with Crippen molar-refractivity contribution in [3.63, 3.8) is 0 Å². The van der Waals surface area contributed by atoms with Gasteiger partial charge in [-0.25, -0.2) is 0 Å². The van der Waals surface area contributed by atoms with Crippen molar-refractivity contribution in [1.29, 1.82) is 0 Å². The molecule has 4 rings (SSSR count). The topological polar surface area (TPSA) is 58.8 Å². The van der Waals surface area contributed by atoms with Crippen LogP contribution >= 0.6 is 0 Å². The third-order valence-corrected chi connectivity index (χ3v) is 7.38. The van der Waals surface area contributed by atoms with Crippen LogP contribution < -0.4 is 20.3 Å². The molecule has 2 N–H and O–H groups in total. The lowest BCUT2D eigenvalue weighted by Crippen LogP contribution is -2.32. The van der Waals surface area contributed by atoms with Gasteiger partial charge in [0.2, 0.25) is 0 Å². The third kappa shape index (κ3) is 5.58. The number of fused-ring (bicyclic) bond motifs is 2. The Labute approximate surface area is 230 Å². The fraction of sp³-hybridized carbons (Fsp3) is 0.424. The number of carbonyl (C=O) groups is 1. The van der Waals surface area contributed by atoms with Crippen LogP contribution in [-0.2, 0) is 5.41 Å². The summed E-state index contributed by atoms with van der Waals surface area (Å²) in [6, 6.07) is 19.0. The molecule has 5 nitrogen and oxygen atoms in total. The Morgan fingerprint density at radius 2 is 1.34 bits per heavy atom. The molecule has 1 aliphatic heterocycles. The zero-order chi connectivity index (χ0) is 28.8. The molecule has 0 amide bonds. The Kier molecular flexibility index (Phi) is 10.5. The highest BCUT2D eigenvalue weighted by molar-refractivity contribution is 6.01. The van der Waals surface area contributed by atoms with Crippen LogP contribution in [0.3, 0.4) is 0 Å². The van der Waals surface area contributed by atoms with Gasteiger partial charge in [-0.1, -0.05) is 58.0 Å². The van der Waals surface area contributed by atoms with Crippen LogP contribution in [0.4, 0.5) is 11.4 Å². The molecule has 1 aliphatic rings. The molecule has 1 atom stereocenters. The molecule has 0 saturated carbocycles. The van der Waals surface area contributed by atoms with E-state index >= 15 is 0 Å². The Bertz CT molecular complexity index is 1190. The van der Waals surface area contributed by atoms with E-state index in [1.165, 1.54) is 7.05 Å². The second kappa shape index (κ2) is 13.0. The largest absolute Gasteiger partial charge is 0.457 e. The van der Waals surface area contributed by atoms with Crippen LogP contribution in [0.2, 0.25) is 0 Å². The average molecular weight is 518 g/mol. The predicted molar refractivity (Wildman–Crippen MR) is 164 cm³/mol. The first-order valence-electron chi connectivity index (χ1n) is 13.6. The van der Waals surface area contributed by atoms with Gasteiger partial charge in [-0.15, -0.1) is 0 Å². The van der Waals surface area contributed by atoms with Crippen LogP contribution in [0.5, 0.6) is 11.5 Å². The number of nitrogens with two attached hydrogens (primary N) is 1. The highest BCUT2D eigenvalue weighted by atomic mass is 16.5. The Hall–Kier alpha value is -3.31. The van der Waals surface area contributed by atoms with Crippen molar-refractivity contribution in [3.05, 3.63) is 82.4 Å². The molecule has 0 fully saturated rings. The van der Waals surface area contributed by atoms with Gasteiger partial charge in [0.15, 0.2) is 5.78 Å². The van der Waals surface area contributed by atoms with Gasteiger partial charge in [-0.3, -0.25) is 4.79 Å². The first kappa shape index (κ1) is 30.9. The summed E-state index contributed by atoms with van der Waals surface area (Å²) in [6.45, 7) is 12.4. The standard InChI is InChI=1S/C30H36N2O2.C2H6.CH5N/c1-9-19(2)29(33)28-20(3)11-10-12-25(28)30(4)23-15-13-21(31(5)6)17-26(23)34-27-18-22(32(7)8)14-16-24(27)30;2*1-2/h10-19H,9H2,1-8H3;1-2H3;2H2,1H3. The van der Waals surface area contributed by atoms with E-state index in [1.54, 1.807) is 0 Å². The monoisotopic (exact) mass is 517 g/mol. The van der Waals surface area contributed by atoms with Gasteiger partial charge in [0.25, 0.3) is 0 Å². The molecule has 1 heterocycles. The summed E-state index contributed by atoms with van der Waals surface area (Å²) < 4.78 is 6.54. The van der Waals surface area contributed by atoms with E-state index in [9.17, 15) is 4.79 Å². The van der Waals surface area contributed by atoms with Gasteiger partial charge in [0, 0.05) is 74.3 Å². The van der Waals surface area contributed by atoms with Gasteiger partial charge < -0.3 is 20.3 Å². The first-order valence-corrected chi connectivity index (χ1v) is 13.6. The summed E-state index contributed by atoms with van der Waals surface area (Å²) in [5, 5.41) is 0. The molecular formula is C33H47N3O2. The van der Waals surface area contributed by atoms with Gasteiger partial charge in [0.05, 0.1) is 5.41 Å². The van der Waals surface area contributed by atoms with Crippen molar-refractivity contribution < 1.29 is 9.53 Å². The molecule has 38 heavy (non-hydrogen) atoms. The lowest BCUT2D eigenvalue weighted by Gasteiger charge is -2.40. The van der Waals surface area contributed by atoms with Crippen molar-refractivity contribution in [2.45, 2.75) is 53.4 Å². The molecule has 5 heteroatoms. The normalized spacial score (nSPS) is 13.3. The molecule has 3 aromatic carbocycles. The van der Waals surface area contributed by atoms with Crippen LogP contribution in [-0.4, -0.2) is 41.0 Å². The summed E-state index contributed by atoms with van der Waals surface area (Å²) in [5.74, 6) is 1.84. The number of benzene rings is 3. The SMILES string of the molecule is CC.CCC(C)C(=O)c1c(C)cccc1C1(C)c2ccc(N(C)C)cc2Oc2cc(N(C)C)ccc21.CN. The maximum absolute atomic E-state index is 13.7. The van der Waals surface area contributed by atoms with Crippen molar-refractivity contribution in [2.75, 3.05) is 45.0 Å². The van der Waals surface area contributed by atoms with E-state index < -0.39 is 5.41 Å². The highest BCUT2D eigenvalue weighted by Crippen LogP contribution is 2.54. The van der Waals surface area contributed by atoms with Gasteiger partial charge in [-0.05, 0) is 50.6 Å². The number of nitrogens with zero attached hydrogens (tertiary/aromatic N) is 2. The fourth-order valence-electron chi connectivity index (χ4n) is 4.97. The summed E-state index contributed by atoms with van der Waals surface area (Å²) >= 11 is 0. The van der Waals surface area contributed by atoms with E-state index in [0.717, 1.165) is 57.1 Å². The summed E-state index contributed by atoms with van der Waals surface area (Å²) in [7, 11) is 9.63. The molecule has 1 unspecified atom stereocenters. The second-order valence-electron chi connectivity index (χ2n) is 10.0. The summed E-state index contributed by atoms with van der Waals surface area (Å²) in [6.07, 6.45) is 0.817. The number of hydrogen-bond acceptors (Lipinski definition) is 5. The first-order chi connectivity index (χ1) is 18.1. The second-order valence-corrected chi connectivity index (χ2v) is 10.0. The maximum Gasteiger partial charge on any atom is 0.166 e. The number of hydrogen-bond donors (Lipinski definition) is 1. The van der Waals surface area contributed by atoms with Crippen molar-refractivity contribution in [3.8, 4) is 11.5 Å². The van der Waals surface area contributed by atoms with Crippen molar-refractivity contribution in [1.82, 2.24) is 0 Å². The van der Waals surface area contributed by atoms with E-state index in [-0.39, 0.29) is 11.7 Å². The quantitative estimate of drug-likeness (QED) is 0.345. The lowest BCUT2D eigenvalue weighted by molar-refractivity contribution is 0.0924. The van der Waals surface area contributed by atoms with Crippen LogP contribution in [0.1, 0.15) is 73.7 Å². The van der Waals surface area contributed by atoms with Gasteiger partial charge >= 0.3 is 0 Å². The minimum absolute atomic E-state index is 0.0329. The molecule has 206 valence electrons. The van der Waals surface area contributed by atoms with E-state index in [0.29, 0.717) is 0 Å². The lowest BCUT2D eigenvalue weighted by atomic mass is 9.66. The fourth-order valence-corrected chi connectivity index (χ4v) is 4.97. The van der Waals surface area contributed by atoms with Crippen LogP contribution in [0, 0.1) is 12.8 Å². The number of anilines is 2. The molecule has 0 aromatic heterocycles. The minimum Gasteiger partial charge on any atom is -0.457 e. The number of ether oxygens (including phenoxy) is 1. The molecule has 0 radical (unpaired) electrons. The molecular weight excluding hydrogens is 470 g/mol. The number of Topliss-reactive ketones (excluding diaryl/α,β-unsaturated/α-hetero) is 1. The molecule has 0 bridgehead atoms. The van der Waals surface area contributed by atoms with E-state index in [4.69, 9.17) is 4.74 Å². The summed E-state index contributed by atoms with van der Waals surface area (Å²) in [5.41, 5.74) is 11.2. The smallest absolute Gasteiger partial charge is 0.166 e. The highest BCUT2D eigenvalue weighted by Gasteiger charge is 2.42. The maximum atomic E-state index is 13.7. The van der Waals surface area contributed by atoms with Gasteiger partial charge in [-0.2, -0.15) is 0 Å². The van der Waals surface area contributed by atoms with Crippen molar-refractivity contribution >= 4 is 17.2 Å². The van der Waals surface area contributed by atoms with E-state index in [1.807, 2.05) is 62.0 Å². The summed E-state index contributed by atoms with van der Waals surface area (Å²) in [4.78, 5) is 17.8. The van der Waals surface area contributed by atoms with Crippen molar-refractivity contribution in [2.24, 2.45) is 11.7 Å². The van der Waals surface area contributed by atoms with Crippen LogP contribution in [0.25, 0.3) is 0 Å². The number of ketones is 1. The zero-order valence-corrected chi connectivity index (χ0v) is 25.3. The molecule has 0 spiro atoms. The zero-order valence-electron chi connectivity index (χ0n) is 25.3. The minimum atomic E-state index is -0.539. The number of carbonyl (C=O) groups excluding carboxylic acids is 1. The average Bonchev–Trinajstić information content (AvgIpc) is 2.93. The van der Waals surface area contributed by atoms with E-state index in [2.05, 4.69) is 77.9 Å². The third-order valence-electron chi connectivity index (χ3n) is 7.38. The molecule has 3 aromatic rings. The Morgan fingerprint density at radius 1 is 0.868 bits per heavy atom. The predicted octanol–water partition coefficient (Wildman–Crippen LogP) is 7.42. The number of aryl methyl sites for hydroxylation is 1. The Balaban J connectivity index is 0.00000121. The molecule has 0 saturated heterocycles. The Morgan fingerprint density at radius 3 is 1.76 bits per heavy atom. The van der Waals surface area contributed by atoms with Crippen LogP contribution in [0.15, 0.2) is 54.6 Å².